The lowest BCUT2D eigenvalue weighted by atomic mass is 10.1. The first-order valence-corrected chi connectivity index (χ1v) is 18.0. The Morgan fingerprint density at radius 2 is 1.00 bits per heavy atom. The van der Waals surface area contributed by atoms with Gasteiger partial charge in [-0.3, -0.25) is 29.0 Å². The molecule has 12 heteroatoms. The van der Waals surface area contributed by atoms with Crippen LogP contribution in [0.15, 0.2) is 46.2 Å². The van der Waals surface area contributed by atoms with Crippen molar-refractivity contribution >= 4 is 91.6 Å². The van der Waals surface area contributed by atoms with Gasteiger partial charge in [0, 0.05) is 37.3 Å². The molecule has 0 aliphatic carbocycles. The van der Waals surface area contributed by atoms with Crippen molar-refractivity contribution in [2.75, 3.05) is 23.7 Å². The molecule has 2 aliphatic heterocycles. The smallest absolute Gasteiger partial charge is 0.267 e. The summed E-state index contributed by atoms with van der Waals surface area (Å²) >= 11 is 13.3. The molecule has 4 rings (SSSR count). The molecule has 2 aliphatic rings. The third kappa shape index (κ3) is 9.49. The van der Waals surface area contributed by atoms with Crippen molar-refractivity contribution in [1.29, 1.82) is 0 Å². The maximum atomic E-state index is 13.2. The number of benzene rings is 2. The van der Waals surface area contributed by atoms with Crippen LogP contribution in [0.25, 0.3) is 0 Å². The summed E-state index contributed by atoms with van der Waals surface area (Å²) in [5.41, 5.74) is 6.21. The zero-order valence-electron chi connectivity index (χ0n) is 26.7. The van der Waals surface area contributed by atoms with E-state index in [0.717, 1.165) is 58.9 Å². The highest BCUT2D eigenvalue weighted by Gasteiger charge is 2.41. The van der Waals surface area contributed by atoms with E-state index in [1.807, 2.05) is 64.1 Å². The van der Waals surface area contributed by atoms with E-state index < -0.39 is 0 Å². The summed E-state index contributed by atoms with van der Waals surface area (Å²) in [4.78, 5) is 54.9. The molecule has 46 heavy (non-hydrogen) atoms. The summed E-state index contributed by atoms with van der Waals surface area (Å²) in [6, 6.07) is 11.7. The summed E-state index contributed by atoms with van der Waals surface area (Å²) in [5, 5.41) is 5.88. The third-order valence-electron chi connectivity index (χ3n) is 8.06. The summed E-state index contributed by atoms with van der Waals surface area (Å²) in [5.74, 6) is -0.598. The van der Waals surface area contributed by atoms with Crippen LogP contribution in [0.5, 0.6) is 0 Å². The van der Waals surface area contributed by atoms with Crippen LogP contribution in [0.2, 0.25) is 0 Å². The summed E-state index contributed by atoms with van der Waals surface area (Å²) < 4.78 is 0.855. The van der Waals surface area contributed by atoms with Gasteiger partial charge in [-0.25, -0.2) is 0 Å². The fraction of sp³-hybridized carbons (Fsp3) is 0.412. The quantitative estimate of drug-likeness (QED) is 0.119. The van der Waals surface area contributed by atoms with Crippen LogP contribution in [-0.2, 0) is 19.2 Å². The first-order chi connectivity index (χ1) is 21.9. The number of unbranched alkanes of at least 4 members (excludes halogenated alkanes) is 4. The highest BCUT2D eigenvalue weighted by Crippen LogP contribution is 2.42. The number of nitrogens with one attached hydrogen (secondary N) is 2. The topological polar surface area (TPSA) is 98.8 Å². The number of thiocarbonyl (C=S) groups is 2. The molecule has 0 saturated carbocycles. The van der Waals surface area contributed by atoms with Crippen LogP contribution >= 0.6 is 48.0 Å². The second-order valence-electron chi connectivity index (χ2n) is 11.6. The summed E-state index contributed by atoms with van der Waals surface area (Å²) in [7, 11) is 0. The van der Waals surface area contributed by atoms with E-state index in [1.54, 1.807) is 9.80 Å². The zero-order valence-corrected chi connectivity index (χ0v) is 30.0. The van der Waals surface area contributed by atoms with Gasteiger partial charge in [-0.1, -0.05) is 72.9 Å². The number of amides is 4. The average molecular weight is 697 g/mol. The molecule has 0 bridgehead atoms. The van der Waals surface area contributed by atoms with Gasteiger partial charge in [-0.05, 0) is 99.9 Å². The van der Waals surface area contributed by atoms with E-state index in [0.29, 0.717) is 70.1 Å². The van der Waals surface area contributed by atoms with Crippen molar-refractivity contribution in [2.24, 2.45) is 0 Å². The van der Waals surface area contributed by atoms with Crippen LogP contribution < -0.4 is 10.6 Å². The van der Waals surface area contributed by atoms with Crippen molar-refractivity contribution in [3.63, 3.8) is 0 Å². The van der Waals surface area contributed by atoms with Crippen LogP contribution in [-0.4, -0.2) is 55.2 Å². The maximum absolute atomic E-state index is 13.2. The third-order valence-corrected chi connectivity index (χ3v) is 11.1. The molecular weight excluding hydrogens is 657 g/mol. The van der Waals surface area contributed by atoms with Gasteiger partial charge >= 0.3 is 0 Å². The van der Waals surface area contributed by atoms with E-state index in [2.05, 4.69) is 10.6 Å². The number of nitrogens with zero attached hydrogens (tertiary/aromatic N) is 2. The fourth-order valence-electron chi connectivity index (χ4n) is 5.01. The van der Waals surface area contributed by atoms with Gasteiger partial charge in [0.1, 0.15) is 8.64 Å². The predicted molar refractivity (Wildman–Crippen MR) is 197 cm³/mol. The van der Waals surface area contributed by atoms with Crippen molar-refractivity contribution in [2.45, 2.75) is 79.1 Å². The zero-order chi connectivity index (χ0) is 33.4. The Bertz CT molecular complexity index is 1470. The van der Waals surface area contributed by atoms with Gasteiger partial charge in [0.15, 0.2) is 0 Å². The Balaban J connectivity index is 1.17. The van der Waals surface area contributed by atoms with E-state index in [1.165, 1.54) is 11.1 Å². The first-order valence-electron chi connectivity index (χ1n) is 15.5. The van der Waals surface area contributed by atoms with Gasteiger partial charge in [0.25, 0.3) is 11.8 Å². The SMILES string of the molecule is Cc1ccc(NC(=O)CCCCCN2C(=O)/C(=C3\SC(=S)N(CCCCCC(=O)Nc4ccc(C)c(C)c4)C3=O)SC2=S)cc1C. The Labute approximate surface area is 290 Å². The number of carbonyl (C=O) groups is 4. The van der Waals surface area contributed by atoms with Crippen molar-refractivity contribution < 1.29 is 19.2 Å². The van der Waals surface area contributed by atoms with Gasteiger partial charge in [-0.15, -0.1) is 0 Å². The number of carbonyl (C=O) groups excluding carboxylic acids is 4. The number of anilines is 2. The maximum Gasteiger partial charge on any atom is 0.267 e. The van der Waals surface area contributed by atoms with Crippen molar-refractivity contribution in [1.82, 2.24) is 9.80 Å². The molecule has 2 heterocycles. The van der Waals surface area contributed by atoms with Crippen LogP contribution in [0.3, 0.4) is 0 Å². The Hall–Kier alpha value is -3.06. The summed E-state index contributed by atoms with van der Waals surface area (Å²) in [6.07, 6.45) is 5.11. The molecule has 0 aromatic heterocycles. The van der Waals surface area contributed by atoms with Crippen LogP contribution in [0, 0.1) is 27.7 Å². The molecule has 2 aromatic rings. The minimum atomic E-state index is -0.266. The molecule has 2 N–H and O–H groups in total. The Kier molecular flexibility index (Phi) is 13.0. The summed E-state index contributed by atoms with van der Waals surface area (Å²) in [6.45, 7) is 8.97. The van der Waals surface area contributed by atoms with Crippen LogP contribution in [0.1, 0.15) is 73.6 Å². The van der Waals surface area contributed by atoms with E-state index in [-0.39, 0.29) is 23.6 Å². The molecule has 0 unspecified atom stereocenters. The van der Waals surface area contributed by atoms with Gasteiger partial charge in [0.2, 0.25) is 11.8 Å². The Morgan fingerprint density at radius 1 is 0.609 bits per heavy atom. The molecular formula is C34H40N4O4S4. The monoisotopic (exact) mass is 696 g/mol. The predicted octanol–water partition coefficient (Wildman–Crippen LogP) is 7.55. The van der Waals surface area contributed by atoms with Crippen molar-refractivity contribution in [3.05, 3.63) is 68.5 Å². The number of rotatable bonds is 14. The average Bonchev–Trinajstić information content (AvgIpc) is 3.44. The fourth-order valence-corrected chi connectivity index (χ4v) is 7.78. The van der Waals surface area contributed by atoms with E-state index in [4.69, 9.17) is 24.4 Å². The van der Waals surface area contributed by atoms with E-state index in [9.17, 15) is 19.2 Å². The molecule has 2 saturated heterocycles. The molecule has 2 aromatic carbocycles. The number of hydrogen-bond acceptors (Lipinski definition) is 8. The van der Waals surface area contributed by atoms with Gasteiger partial charge in [-0.2, -0.15) is 0 Å². The molecule has 244 valence electrons. The molecule has 2 fully saturated rings. The van der Waals surface area contributed by atoms with E-state index >= 15 is 0 Å². The lowest BCUT2D eigenvalue weighted by molar-refractivity contribution is -0.124. The molecule has 0 radical (unpaired) electrons. The normalized spacial score (nSPS) is 16.5. The molecule has 8 nitrogen and oxygen atoms in total. The lowest BCUT2D eigenvalue weighted by Crippen LogP contribution is -2.31. The largest absolute Gasteiger partial charge is 0.326 e. The second-order valence-corrected chi connectivity index (χ2v) is 14.9. The first kappa shape index (κ1) is 35.8. The standard InChI is InChI=1S/C34H40N4O4S4/c1-21-13-15-25(19-23(21)3)35-27(39)11-7-5-9-17-37-31(41)29(45-33(37)43)30-32(42)38(34(44)46-30)18-10-6-8-12-28(40)36-26-16-14-22(2)24(4)20-26/h13-16,19-20H,5-12,17-18H2,1-4H3,(H,35,39)(H,36,40)/b30-29+. The number of aryl methyl sites for hydroxylation is 4. The number of thioether (sulfide) groups is 2. The Morgan fingerprint density at radius 3 is 1.37 bits per heavy atom. The minimum absolute atomic E-state index is 0.0328. The lowest BCUT2D eigenvalue weighted by Gasteiger charge is -2.14. The minimum Gasteiger partial charge on any atom is -0.326 e. The second kappa shape index (κ2) is 16.7. The molecule has 0 spiro atoms. The molecule has 4 amide bonds. The number of hydrogen-bond donors (Lipinski definition) is 2. The highest BCUT2D eigenvalue weighted by atomic mass is 32.2. The van der Waals surface area contributed by atoms with Crippen LogP contribution in [0.4, 0.5) is 11.4 Å². The van der Waals surface area contributed by atoms with Crippen molar-refractivity contribution in [3.8, 4) is 0 Å². The van der Waals surface area contributed by atoms with Gasteiger partial charge < -0.3 is 10.6 Å². The molecule has 0 atom stereocenters. The van der Waals surface area contributed by atoms with Gasteiger partial charge in [0.05, 0.1) is 9.81 Å². The highest BCUT2D eigenvalue weighted by molar-refractivity contribution is 8.29.